The maximum Gasteiger partial charge on any atom is 0.128 e. The summed E-state index contributed by atoms with van der Waals surface area (Å²) in [7, 11) is 0. The SMILES string of the molecule is CCC1(C)Nc2cccc(F)c2CC1C. The number of fused-ring (bicyclic) bond motifs is 1. The highest BCUT2D eigenvalue weighted by Crippen LogP contribution is 2.37. The minimum atomic E-state index is -0.0787. The maximum atomic E-state index is 13.6. The van der Waals surface area contributed by atoms with Gasteiger partial charge in [0, 0.05) is 16.8 Å². The van der Waals surface area contributed by atoms with Gasteiger partial charge in [-0.2, -0.15) is 0 Å². The molecule has 1 nitrogen and oxygen atoms in total. The molecule has 0 fully saturated rings. The largest absolute Gasteiger partial charge is 0.379 e. The molecule has 15 heavy (non-hydrogen) atoms. The molecule has 0 bridgehead atoms. The van der Waals surface area contributed by atoms with Crippen LogP contribution in [0.4, 0.5) is 10.1 Å². The third-order valence-electron chi connectivity index (χ3n) is 3.87. The predicted octanol–water partition coefficient (Wildman–Crippen LogP) is 3.60. The van der Waals surface area contributed by atoms with E-state index in [1.165, 1.54) is 0 Å². The number of nitrogens with one attached hydrogen (secondary N) is 1. The zero-order valence-corrected chi connectivity index (χ0v) is 9.60. The highest BCUT2D eigenvalue weighted by atomic mass is 19.1. The zero-order valence-electron chi connectivity index (χ0n) is 9.60. The monoisotopic (exact) mass is 207 g/mol. The number of anilines is 1. The Balaban J connectivity index is 2.42. The molecule has 0 aromatic heterocycles. The van der Waals surface area contributed by atoms with Crippen LogP contribution in [0.2, 0.25) is 0 Å². The van der Waals surface area contributed by atoms with E-state index in [0.717, 1.165) is 24.1 Å². The van der Waals surface area contributed by atoms with E-state index in [1.54, 1.807) is 12.1 Å². The molecule has 1 aromatic rings. The van der Waals surface area contributed by atoms with Gasteiger partial charge in [0.15, 0.2) is 0 Å². The quantitative estimate of drug-likeness (QED) is 0.742. The summed E-state index contributed by atoms with van der Waals surface area (Å²) in [6.07, 6.45) is 1.89. The van der Waals surface area contributed by atoms with Gasteiger partial charge in [-0.1, -0.05) is 19.9 Å². The summed E-state index contributed by atoms with van der Waals surface area (Å²) in [5, 5.41) is 3.47. The van der Waals surface area contributed by atoms with Crippen molar-refractivity contribution < 1.29 is 4.39 Å². The van der Waals surface area contributed by atoms with E-state index >= 15 is 0 Å². The predicted molar refractivity (Wildman–Crippen MR) is 61.6 cm³/mol. The summed E-state index contributed by atoms with van der Waals surface area (Å²) >= 11 is 0. The molecule has 1 N–H and O–H groups in total. The Labute approximate surface area is 90.7 Å². The van der Waals surface area contributed by atoms with E-state index in [0.29, 0.717) is 5.92 Å². The van der Waals surface area contributed by atoms with Crippen molar-refractivity contribution in [3.63, 3.8) is 0 Å². The molecule has 2 heteroatoms. The second kappa shape index (κ2) is 3.51. The molecule has 2 unspecified atom stereocenters. The van der Waals surface area contributed by atoms with Gasteiger partial charge in [0.05, 0.1) is 0 Å². The van der Waals surface area contributed by atoms with Crippen LogP contribution in [0.15, 0.2) is 18.2 Å². The number of benzene rings is 1. The first-order valence-electron chi connectivity index (χ1n) is 5.62. The minimum Gasteiger partial charge on any atom is -0.379 e. The number of rotatable bonds is 1. The van der Waals surface area contributed by atoms with Crippen LogP contribution in [0.5, 0.6) is 0 Å². The molecule has 0 spiro atoms. The Hall–Kier alpha value is -1.05. The fourth-order valence-corrected chi connectivity index (χ4v) is 2.28. The molecular formula is C13H18FN. The first-order valence-corrected chi connectivity index (χ1v) is 5.62. The van der Waals surface area contributed by atoms with Crippen LogP contribution in [-0.2, 0) is 6.42 Å². The van der Waals surface area contributed by atoms with E-state index in [1.807, 2.05) is 6.07 Å². The van der Waals surface area contributed by atoms with E-state index in [4.69, 9.17) is 0 Å². The summed E-state index contributed by atoms with van der Waals surface area (Å²) in [5.74, 6) is 0.386. The van der Waals surface area contributed by atoms with Crippen molar-refractivity contribution in [1.29, 1.82) is 0 Å². The molecular weight excluding hydrogens is 189 g/mol. The van der Waals surface area contributed by atoms with Crippen molar-refractivity contribution in [3.8, 4) is 0 Å². The molecule has 1 aliphatic rings. The van der Waals surface area contributed by atoms with E-state index < -0.39 is 0 Å². The van der Waals surface area contributed by atoms with Crippen LogP contribution in [0, 0.1) is 11.7 Å². The van der Waals surface area contributed by atoms with Crippen LogP contribution in [0.3, 0.4) is 0 Å². The number of hydrogen-bond acceptors (Lipinski definition) is 1. The van der Waals surface area contributed by atoms with Gasteiger partial charge in [-0.25, -0.2) is 4.39 Å². The van der Waals surface area contributed by atoms with E-state index in [-0.39, 0.29) is 11.4 Å². The van der Waals surface area contributed by atoms with Crippen LogP contribution >= 0.6 is 0 Å². The number of halogens is 1. The molecule has 2 rings (SSSR count). The smallest absolute Gasteiger partial charge is 0.128 e. The fourth-order valence-electron chi connectivity index (χ4n) is 2.28. The van der Waals surface area contributed by atoms with Gasteiger partial charge in [-0.3, -0.25) is 0 Å². The molecule has 82 valence electrons. The van der Waals surface area contributed by atoms with Gasteiger partial charge in [-0.05, 0) is 37.8 Å². The van der Waals surface area contributed by atoms with Gasteiger partial charge >= 0.3 is 0 Å². The van der Waals surface area contributed by atoms with Crippen molar-refractivity contribution in [2.45, 2.75) is 39.2 Å². The van der Waals surface area contributed by atoms with Crippen molar-refractivity contribution in [1.82, 2.24) is 0 Å². The van der Waals surface area contributed by atoms with Crippen LogP contribution in [0.1, 0.15) is 32.8 Å². The van der Waals surface area contributed by atoms with E-state index in [2.05, 4.69) is 26.1 Å². The summed E-state index contributed by atoms with van der Waals surface area (Å²) in [6, 6.07) is 5.28. The molecule has 1 aromatic carbocycles. The summed E-state index contributed by atoms with van der Waals surface area (Å²) in [5.41, 5.74) is 1.91. The van der Waals surface area contributed by atoms with Gasteiger partial charge in [-0.15, -0.1) is 0 Å². The number of hydrogen-bond donors (Lipinski definition) is 1. The average molecular weight is 207 g/mol. The lowest BCUT2D eigenvalue weighted by Gasteiger charge is -2.42. The molecule has 0 saturated heterocycles. The summed E-state index contributed by atoms with van der Waals surface area (Å²) < 4.78 is 13.6. The van der Waals surface area contributed by atoms with Gasteiger partial charge in [0.25, 0.3) is 0 Å². The standard InChI is InChI=1S/C13H18FN/c1-4-13(3)9(2)8-10-11(14)6-5-7-12(10)15-13/h5-7,9,15H,4,8H2,1-3H3. The molecule has 1 aliphatic heterocycles. The van der Waals surface area contributed by atoms with Gasteiger partial charge in [0.2, 0.25) is 0 Å². The molecule has 1 heterocycles. The van der Waals surface area contributed by atoms with E-state index in [9.17, 15) is 4.39 Å². The third kappa shape index (κ3) is 1.62. The fraction of sp³-hybridized carbons (Fsp3) is 0.538. The van der Waals surface area contributed by atoms with Gasteiger partial charge in [0.1, 0.15) is 5.82 Å². The second-order valence-electron chi connectivity index (χ2n) is 4.77. The lowest BCUT2D eigenvalue weighted by molar-refractivity contribution is 0.319. The summed E-state index contributed by atoms with van der Waals surface area (Å²) in [6.45, 7) is 6.57. The Morgan fingerprint density at radius 2 is 2.27 bits per heavy atom. The average Bonchev–Trinajstić information content (AvgIpc) is 2.21. The molecule has 0 amide bonds. The van der Waals surface area contributed by atoms with Crippen molar-refractivity contribution in [2.24, 2.45) is 5.92 Å². The first-order chi connectivity index (χ1) is 7.07. The Morgan fingerprint density at radius 3 is 2.93 bits per heavy atom. The second-order valence-corrected chi connectivity index (χ2v) is 4.77. The topological polar surface area (TPSA) is 12.0 Å². The molecule has 0 aliphatic carbocycles. The van der Waals surface area contributed by atoms with Crippen LogP contribution in [-0.4, -0.2) is 5.54 Å². The van der Waals surface area contributed by atoms with Crippen LogP contribution < -0.4 is 5.32 Å². The Bertz CT molecular complexity index is 375. The summed E-state index contributed by atoms with van der Waals surface area (Å²) in [4.78, 5) is 0. The van der Waals surface area contributed by atoms with Crippen molar-refractivity contribution in [3.05, 3.63) is 29.6 Å². The first kappa shape index (κ1) is 10.5. The lowest BCUT2D eigenvalue weighted by atomic mass is 9.77. The van der Waals surface area contributed by atoms with Crippen molar-refractivity contribution >= 4 is 5.69 Å². The van der Waals surface area contributed by atoms with Gasteiger partial charge < -0.3 is 5.32 Å². The highest BCUT2D eigenvalue weighted by Gasteiger charge is 2.34. The molecule has 2 atom stereocenters. The molecule has 0 saturated carbocycles. The zero-order chi connectivity index (χ0) is 11.1. The van der Waals surface area contributed by atoms with Crippen LogP contribution in [0.25, 0.3) is 0 Å². The lowest BCUT2D eigenvalue weighted by Crippen LogP contribution is -2.45. The Kier molecular flexibility index (Phi) is 2.45. The highest BCUT2D eigenvalue weighted by molar-refractivity contribution is 5.56. The minimum absolute atomic E-state index is 0.0787. The Morgan fingerprint density at radius 1 is 1.53 bits per heavy atom. The normalized spacial score (nSPS) is 29.5. The van der Waals surface area contributed by atoms with Crippen molar-refractivity contribution in [2.75, 3.05) is 5.32 Å². The molecule has 0 radical (unpaired) electrons. The maximum absolute atomic E-state index is 13.6. The third-order valence-corrected chi connectivity index (χ3v) is 3.87.